The second-order valence-corrected chi connectivity index (χ2v) is 6.63. The number of aryl methyl sites for hydroxylation is 1. The number of aliphatic hydroxyl groups excluding tert-OH is 1. The quantitative estimate of drug-likeness (QED) is 0.506. The fourth-order valence-electron chi connectivity index (χ4n) is 1.72. The normalized spacial score (nSPS) is 12.9. The maximum absolute atomic E-state index is 11.7. The minimum absolute atomic E-state index is 0.0676. The van der Waals surface area contributed by atoms with Crippen LogP contribution < -0.4 is 0 Å². The van der Waals surface area contributed by atoms with Gasteiger partial charge >= 0.3 is 5.97 Å². The molecule has 1 atom stereocenters. The molecule has 0 fully saturated rings. The first-order valence-electron chi connectivity index (χ1n) is 6.33. The number of nitro benzene ring substituents is 1. The molecule has 0 bridgehead atoms. The number of carbonyl (C=O) groups excluding carboxylic acids is 1. The lowest BCUT2D eigenvalue weighted by atomic mass is 9.97. The van der Waals surface area contributed by atoms with Crippen molar-refractivity contribution in [3.63, 3.8) is 0 Å². The molecule has 1 unspecified atom stereocenters. The van der Waals surface area contributed by atoms with Crippen LogP contribution >= 0.6 is 15.9 Å². The summed E-state index contributed by atoms with van der Waals surface area (Å²) in [5, 5.41) is 20.9. The van der Waals surface area contributed by atoms with E-state index in [2.05, 4.69) is 15.9 Å². The fraction of sp³-hybridized carbons (Fsp3) is 0.500. The number of rotatable bonds is 4. The van der Waals surface area contributed by atoms with Crippen LogP contribution in [0.2, 0.25) is 0 Å². The Bertz CT molecular complexity index is 542. The Labute approximate surface area is 131 Å². The van der Waals surface area contributed by atoms with Crippen LogP contribution in [-0.4, -0.2) is 22.6 Å². The molecule has 0 aliphatic carbocycles. The van der Waals surface area contributed by atoms with Gasteiger partial charge in [0.05, 0.1) is 10.3 Å². The number of carbonyl (C=O) groups is 1. The van der Waals surface area contributed by atoms with Crippen molar-refractivity contribution in [2.45, 2.75) is 33.8 Å². The fourth-order valence-corrected chi connectivity index (χ4v) is 2.53. The molecule has 21 heavy (non-hydrogen) atoms. The molecule has 0 spiro atoms. The van der Waals surface area contributed by atoms with E-state index in [1.807, 2.05) is 0 Å². The lowest BCUT2D eigenvalue weighted by Crippen LogP contribution is -2.25. The zero-order valence-corrected chi connectivity index (χ0v) is 13.9. The van der Waals surface area contributed by atoms with Gasteiger partial charge < -0.3 is 9.84 Å². The lowest BCUT2D eigenvalue weighted by Gasteiger charge is -2.20. The number of halogens is 1. The summed E-state index contributed by atoms with van der Waals surface area (Å²) in [6, 6.07) is 2.69. The Morgan fingerprint density at radius 2 is 2.05 bits per heavy atom. The van der Waals surface area contributed by atoms with Crippen LogP contribution in [0.15, 0.2) is 16.6 Å². The number of hydrogen-bond donors (Lipinski definition) is 1. The number of hydrogen-bond acceptors (Lipinski definition) is 5. The minimum atomic E-state index is -1.05. The van der Waals surface area contributed by atoms with Crippen molar-refractivity contribution in [1.82, 2.24) is 0 Å². The molecule has 0 radical (unpaired) electrons. The maximum atomic E-state index is 11.7. The Balaban J connectivity index is 2.91. The number of nitrogens with zero attached hydrogens (tertiary/aromatic N) is 1. The van der Waals surface area contributed by atoms with Gasteiger partial charge in [-0.3, -0.25) is 14.9 Å². The highest BCUT2D eigenvalue weighted by Crippen LogP contribution is 2.31. The van der Waals surface area contributed by atoms with Gasteiger partial charge in [0.25, 0.3) is 5.69 Å². The number of aliphatic hydroxyl groups is 1. The summed E-state index contributed by atoms with van der Waals surface area (Å²) in [5.74, 6) is -0.419. The van der Waals surface area contributed by atoms with E-state index in [0.717, 1.165) is 0 Å². The third-order valence-electron chi connectivity index (χ3n) is 2.85. The first-order chi connectivity index (χ1) is 9.54. The number of benzene rings is 1. The molecule has 1 N–H and O–H groups in total. The van der Waals surface area contributed by atoms with Crippen LogP contribution in [0.4, 0.5) is 5.69 Å². The minimum Gasteiger partial charge on any atom is -0.462 e. The van der Waals surface area contributed by atoms with E-state index in [9.17, 15) is 20.0 Å². The molecule has 1 aromatic rings. The third kappa shape index (κ3) is 4.50. The third-order valence-corrected chi connectivity index (χ3v) is 3.51. The monoisotopic (exact) mass is 359 g/mol. The Kier molecular flexibility index (Phi) is 5.47. The number of esters is 1. The van der Waals surface area contributed by atoms with Crippen molar-refractivity contribution < 1.29 is 19.6 Å². The van der Waals surface area contributed by atoms with Crippen molar-refractivity contribution >= 4 is 27.6 Å². The molecule has 0 aliphatic rings. The first kappa shape index (κ1) is 17.6. The summed E-state index contributed by atoms with van der Waals surface area (Å²) in [7, 11) is 0. The van der Waals surface area contributed by atoms with Gasteiger partial charge in [-0.25, -0.2) is 0 Å². The van der Waals surface area contributed by atoms with Gasteiger partial charge in [0.1, 0.15) is 12.7 Å². The van der Waals surface area contributed by atoms with Gasteiger partial charge in [0.2, 0.25) is 0 Å². The van der Waals surface area contributed by atoms with Gasteiger partial charge in [-0.1, -0.05) is 15.9 Å². The Morgan fingerprint density at radius 1 is 1.48 bits per heavy atom. The van der Waals surface area contributed by atoms with Gasteiger partial charge in [-0.2, -0.15) is 0 Å². The standard InChI is InChI=1S/C14H18BrNO5/c1-8-5-9(16(19)20)6-10(15)12(8)11(17)7-21-13(18)14(2,3)4/h5-6,11,17H,7H2,1-4H3. The average molecular weight is 360 g/mol. The molecule has 0 aliphatic heterocycles. The van der Waals surface area contributed by atoms with Crippen LogP contribution in [0.5, 0.6) is 0 Å². The molecule has 116 valence electrons. The van der Waals surface area contributed by atoms with Crippen LogP contribution in [-0.2, 0) is 9.53 Å². The van der Waals surface area contributed by atoms with Crippen LogP contribution in [0.3, 0.4) is 0 Å². The molecule has 0 saturated carbocycles. The molecule has 0 heterocycles. The van der Waals surface area contributed by atoms with Crippen LogP contribution in [0.1, 0.15) is 38.0 Å². The zero-order valence-electron chi connectivity index (χ0n) is 12.3. The van der Waals surface area contributed by atoms with Crippen molar-refractivity contribution in [1.29, 1.82) is 0 Å². The number of ether oxygens (including phenoxy) is 1. The summed E-state index contributed by atoms with van der Waals surface area (Å²) in [5.41, 5.74) is 0.307. The van der Waals surface area contributed by atoms with E-state index >= 15 is 0 Å². The molecule has 7 heteroatoms. The first-order valence-corrected chi connectivity index (χ1v) is 7.13. The summed E-state index contributed by atoms with van der Waals surface area (Å²) < 4.78 is 5.48. The maximum Gasteiger partial charge on any atom is 0.311 e. The highest BCUT2D eigenvalue weighted by Gasteiger charge is 2.25. The Morgan fingerprint density at radius 3 is 2.48 bits per heavy atom. The number of nitro groups is 1. The lowest BCUT2D eigenvalue weighted by molar-refractivity contribution is -0.385. The smallest absolute Gasteiger partial charge is 0.311 e. The highest BCUT2D eigenvalue weighted by molar-refractivity contribution is 9.10. The van der Waals surface area contributed by atoms with E-state index in [1.54, 1.807) is 27.7 Å². The molecule has 6 nitrogen and oxygen atoms in total. The molecular weight excluding hydrogens is 342 g/mol. The molecule has 1 aromatic carbocycles. The van der Waals surface area contributed by atoms with Crippen LogP contribution in [0, 0.1) is 22.5 Å². The SMILES string of the molecule is Cc1cc([N+](=O)[O-])cc(Br)c1C(O)COC(=O)C(C)(C)C. The largest absolute Gasteiger partial charge is 0.462 e. The van der Waals surface area contributed by atoms with Crippen molar-refractivity contribution in [2.75, 3.05) is 6.61 Å². The van der Waals surface area contributed by atoms with Crippen molar-refractivity contribution in [2.24, 2.45) is 5.41 Å². The second-order valence-electron chi connectivity index (χ2n) is 5.78. The van der Waals surface area contributed by atoms with Crippen molar-refractivity contribution in [3.8, 4) is 0 Å². The van der Waals surface area contributed by atoms with Crippen LogP contribution in [0.25, 0.3) is 0 Å². The summed E-state index contributed by atoms with van der Waals surface area (Å²) in [4.78, 5) is 21.9. The second kappa shape index (κ2) is 6.53. The number of non-ortho nitro benzene ring substituents is 1. The molecule has 0 aromatic heterocycles. The van der Waals surface area contributed by atoms with Gasteiger partial charge in [-0.15, -0.1) is 0 Å². The summed E-state index contributed by atoms with van der Waals surface area (Å²) in [6.07, 6.45) is -1.05. The predicted molar refractivity (Wildman–Crippen MR) is 80.9 cm³/mol. The summed E-state index contributed by atoms with van der Waals surface area (Å²) in [6.45, 7) is 6.60. The molecule has 0 saturated heterocycles. The topological polar surface area (TPSA) is 89.7 Å². The molecule has 0 amide bonds. The Hall–Kier alpha value is -1.47. The molecular formula is C14H18BrNO5. The van der Waals surface area contributed by atoms with Gasteiger partial charge in [0, 0.05) is 22.2 Å². The predicted octanol–water partition coefficient (Wildman–Crippen LogP) is 3.29. The molecule has 1 rings (SSSR count). The zero-order chi connectivity index (χ0) is 16.4. The summed E-state index contributed by atoms with van der Waals surface area (Å²) >= 11 is 3.21. The van der Waals surface area contributed by atoms with Gasteiger partial charge in [-0.05, 0) is 33.3 Å². The van der Waals surface area contributed by atoms with E-state index in [-0.39, 0.29) is 12.3 Å². The van der Waals surface area contributed by atoms with E-state index in [1.165, 1.54) is 12.1 Å². The van der Waals surface area contributed by atoms with Crippen molar-refractivity contribution in [3.05, 3.63) is 37.8 Å². The average Bonchev–Trinajstić information content (AvgIpc) is 2.33. The van der Waals surface area contributed by atoms with E-state index < -0.39 is 22.4 Å². The van der Waals surface area contributed by atoms with E-state index in [4.69, 9.17) is 4.74 Å². The van der Waals surface area contributed by atoms with E-state index in [0.29, 0.717) is 15.6 Å². The highest BCUT2D eigenvalue weighted by atomic mass is 79.9. The van der Waals surface area contributed by atoms with Gasteiger partial charge in [0.15, 0.2) is 0 Å².